The Bertz CT molecular complexity index is 470. The average Bonchev–Trinajstić information content (AvgIpc) is 2.54. The third kappa shape index (κ3) is 8.01. The van der Waals surface area contributed by atoms with Crippen molar-refractivity contribution in [3.05, 3.63) is 28.7 Å². The van der Waals surface area contributed by atoms with E-state index in [-0.39, 0.29) is 18.3 Å². The van der Waals surface area contributed by atoms with Crippen molar-refractivity contribution < 1.29 is 9.53 Å². The van der Waals surface area contributed by atoms with E-state index in [2.05, 4.69) is 31.5 Å². The van der Waals surface area contributed by atoms with E-state index in [1.54, 1.807) is 0 Å². The molecule has 1 amide bonds. The van der Waals surface area contributed by atoms with Crippen molar-refractivity contribution in [2.75, 3.05) is 45.9 Å². The van der Waals surface area contributed by atoms with Crippen molar-refractivity contribution in [3.63, 3.8) is 0 Å². The number of carbonyl (C=O) groups is 1. The Balaban J connectivity index is 0.00000264. The SMILES string of the molecule is Cl.O=C(CCCOc1ccccc1Br)NCCN1CCNCC1. The Morgan fingerprint density at radius 2 is 2.04 bits per heavy atom. The van der Waals surface area contributed by atoms with Crippen molar-refractivity contribution in [1.29, 1.82) is 0 Å². The zero-order chi connectivity index (χ0) is 15.6. The number of nitrogens with one attached hydrogen (secondary N) is 2. The first kappa shape index (κ1) is 20.2. The molecule has 1 aromatic carbocycles. The molecule has 1 aliphatic heterocycles. The molecule has 2 N–H and O–H groups in total. The average molecular weight is 407 g/mol. The molecule has 0 radical (unpaired) electrons. The molecule has 0 atom stereocenters. The molecule has 0 aliphatic carbocycles. The highest BCUT2D eigenvalue weighted by atomic mass is 79.9. The summed E-state index contributed by atoms with van der Waals surface area (Å²) < 4.78 is 6.59. The summed E-state index contributed by atoms with van der Waals surface area (Å²) in [7, 11) is 0. The van der Waals surface area contributed by atoms with Crippen molar-refractivity contribution >= 4 is 34.2 Å². The van der Waals surface area contributed by atoms with Gasteiger partial charge in [-0.05, 0) is 34.5 Å². The zero-order valence-corrected chi connectivity index (χ0v) is 15.6. The fraction of sp³-hybridized carbons (Fsp3) is 0.562. The Morgan fingerprint density at radius 1 is 1.30 bits per heavy atom. The Hall–Kier alpha value is -0.820. The lowest BCUT2D eigenvalue weighted by Crippen LogP contribution is -2.46. The Kier molecular flexibility index (Phi) is 10.3. The molecule has 1 aromatic rings. The minimum Gasteiger partial charge on any atom is -0.492 e. The smallest absolute Gasteiger partial charge is 0.220 e. The molecule has 1 heterocycles. The number of piperazine rings is 1. The predicted octanol–water partition coefficient (Wildman–Crippen LogP) is 2.05. The third-order valence-electron chi connectivity index (χ3n) is 3.60. The monoisotopic (exact) mass is 405 g/mol. The van der Waals surface area contributed by atoms with Gasteiger partial charge in [0.25, 0.3) is 0 Å². The van der Waals surface area contributed by atoms with Gasteiger partial charge in [0, 0.05) is 45.7 Å². The van der Waals surface area contributed by atoms with Crippen LogP contribution in [0.1, 0.15) is 12.8 Å². The lowest BCUT2D eigenvalue weighted by atomic mass is 10.3. The van der Waals surface area contributed by atoms with Crippen LogP contribution in [0.5, 0.6) is 5.75 Å². The maximum atomic E-state index is 11.8. The van der Waals surface area contributed by atoms with Gasteiger partial charge in [0.15, 0.2) is 0 Å². The van der Waals surface area contributed by atoms with E-state index in [1.165, 1.54) is 0 Å². The molecular formula is C16H25BrClN3O2. The zero-order valence-electron chi connectivity index (χ0n) is 13.2. The van der Waals surface area contributed by atoms with Gasteiger partial charge >= 0.3 is 0 Å². The number of hydrogen-bond acceptors (Lipinski definition) is 4. The van der Waals surface area contributed by atoms with Gasteiger partial charge in [-0.1, -0.05) is 12.1 Å². The first-order chi connectivity index (χ1) is 10.8. The highest BCUT2D eigenvalue weighted by molar-refractivity contribution is 9.10. The third-order valence-corrected chi connectivity index (χ3v) is 4.26. The first-order valence-electron chi connectivity index (χ1n) is 7.83. The maximum Gasteiger partial charge on any atom is 0.220 e. The van der Waals surface area contributed by atoms with Crippen molar-refractivity contribution in [2.45, 2.75) is 12.8 Å². The normalized spacial score (nSPS) is 14.8. The minimum atomic E-state index is 0. The molecule has 0 aromatic heterocycles. The van der Waals surface area contributed by atoms with Crippen LogP contribution in [-0.2, 0) is 4.79 Å². The second-order valence-electron chi connectivity index (χ2n) is 5.32. The summed E-state index contributed by atoms with van der Waals surface area (Å²) >= 11 is 3.44. The Labute approximate surface area is 152 Å². The van der Waals surface area contributed by atoms with Crippen LogP contribution in [0.2, 0.25) is 0 Å². The molecule has 1 aliphatic rings. The van der Waals surface area contributed by atoms with Gasteiger partial charge in [-0.25, -0.2) is 0 Å². The summed E-state index contributed by atoms with van der Waals surface area (Å²) in [5.74, 6) is 0.924. The van der Waals surface area contributed by atoms with Crippen LogP contribution in [0, 0.1) is 0 Å². The van der Waals surface area contributed by atoms with Crippen molar-refractivity contribution in [1.82, 2.24) is 15.5 Å². The number of carbonyl (C=O) groups excluding carboxylic acids is 1. The maximum absolute atomic E-state index is 11.8. The lowest BCUT2D eigenvalue weighted by Gasteiger charge is -2.27. The van der Waals surface area contributed by atoms with E-state index in [0.717, 1.165) is 55.9 Å². The van der Waals surface area contributed by atoms with Crippen LogP contribution < -0.4 is 15.4 Å². The highest BCUT2D eigenvalue weighted by Crippen LogP contribution is 2.23. The Morgan fingerprint density at radius 3 is 2.78 bits per heavy atom. The molecule has 1 fully saturated rings. The van der Waals surface area contributed by atoms with Gasteiger partial charge in [0.05, 0.1) is 11.1 Å². The molecule has 0 bridgehead atoms. The number of nitrogens with zero attached hydrogens (tertiary/aromatic N) is 1. The number of para-hydroxylation sites is 1. The topological polar surface area (TPSA) is 53.6 Å². The van der Waals surface area contributed by atoms with E-state index in [1.807, 2.05) is 24.3 Å². The minimum absolute atomic E-state index is 0. The lowest BCUT2D eigenvalue weighted by molar-refractivity contribution is -0.121. The van der Waals surface area contributed by atoms with E-state index < -0.39 is 0 Å². The number of benzene rings is 1. The van der Waals surface area contributed by atoms with Crippen LogP contribution in [0.15, 0.2) is 28.7 Å². The number of halogens is 2. The molecule has 23 heavy (non-hydrogen) atoms. The van der Waals surface area contributed by atoms with Crippen molar-refractivity contribution in [3.8, 4) is 5.75 Å². The predicted molar refractivity (Wildman–Crippen MR) is 98.4 cm³/mol. The van der Waals surface area contributed by atoms with E-state index in [0.29, 0.717) is 13.0 Å². The molecule has 0 saturated carbocycles. The quantitative estimate of drug-likeness (QED) is 0.649. The van der Waals surface area contributed by atoms with Crippen LogP contribution in [0.3, 0.4) is 0 Å². The van der Waals surface area contributed by atoms with Gasteiger partial charge in [0.2, 0.25) is 5.91 Å². The van der Waals surface area contributed by atoms with E-state index in [4.69, 9.17) is 4.74 Å². The van der Waals surface area contributed by atoms with Crippen LogP contribution >= 0.6 is 28.3 Å². The largest absolute Gasteiger partial charge is 0.492 e. The molecule has 2 rings (SSSR count). The molecule has 0 spiro atoms. The second-order valence-corrected chi connectivity index (χ2v) is 6.18. The summed E-state index contributed by atoms with van der Waals surface area (Å²) in [6, 6.07) is 7.74. The van der Waals surface area contributed by atoms with Gasteiger partial charge < -0.3 is 15.4 Å². The van der Waals surface area contributed by atoms with E-state index in [9.17, 15) is 4.79 Å². The second kappa shape index (κ2) is 11.7. The summed E-state index contributed by atoms with van der Waals surface area (Å²) in [5.41, 5.74) is 0. The molecular weight excluding hydrogens is 382 g/mol. The summed E-state index contributed by atoms with van der Waals surface area (Å²) in [5, 5.41) is 6.29. The summed E-state index contributed by atoms with van der Waals surface area (Å²) in [6.07, 6.45) is 1.23. The van der Waals surface area contributed by atoms with Gasteiger partial charge in [-0.3, -0.25) is 9.69 Å². The highest BCUT2D eigenvalue weighted by Gasteiger charge is 2.09. The van der Waals surface area contributed by atoms with Crippen LogP contribution in [0.25, 0.3) is 0 Å². The summed E-state index contributed by atoms with van der Waals surface area (Å²) in [6.45, 7) is 6.42. The van der Waals surface area contributed by atoms with Crippen LogP contribution in [-0.4, -0.2) is 56.7 Å². The van der Waals surface area contributed by atoms with Gasteiger partial charge in [-0.2, -0.15) is 0 Å². The molecule has 1 saturated heterocycles. The molecule has 5 nitrogen and oxygen atoms in total. The van der Waals surface area contributed by atoms with Crippen molar-refractivity contribution in [2.24, 2.45) is 0 Å². The fourth-order valence-electron chi connectivity index (χ4n) is 2.35. The first-order valence-corrected chi connectivity index (χ1v) is 8.62. The van der Waals surface area contributed by atoms with Gasteiger partial charge in [0.1, 0.15) is 5.75 Å². The molecule has 7 heteroatoms. The summed E-state index contributed by atoms with van der Waals surface area (Å²) in [4.78, 5) is 14.1. The van der Waals surface area contributed by atoms with Gasteiger partial charge in [-0.15, -0.1) is 12.4 Å². The number of rotatable bonds is 8. The van der Waals surface area contributed by atoms with Crippen LogP contribution in [0.4, 0.5) is 0 Å². The molecule has 0 unspecified atom stereocenters. The fourth-order valence-corrected chi connectivity index (χ4v) is 2.75. The number of ether oxygens (including phenoxy) is 1. The number of hydrogen-bond donors (Lipinski definition) is 2. The number of amides is 1. The van der Waals surface area contributed by atoms with E-state index >= 15 is 0 Å². The standard InChI is InChI=1S/C16H24BrN3O2.ClH/c17-14-4-1-2-5-15(14)22-13-3-6-16(21)19-9-12-20-10-7-18-8-11-20;/h1-2,4-5,18H,3,6-13H2,(H,19,21);1H. The molecule has 130 valence electrons.